The topological polar surface area (TPSA) is 38.1 Å². The monoisotopic (exact) mass is 269 g/mol. The van der Waals surface area contributed by atoms with E-state index >= 15 is 0 Å². The van der Waals surface area contributed by atoms with Crippen molar-refractivity contribution in [1.82, 2.24) is 14.7 Å². The molecule has 0 N–H and O–H groups in total. The van der Waals surface area contributed by atoms with E-state index in [2.05, 4.69) is 5.10 Å². The molecule has 4 nitrogen and oxygen atoms in total. The zero-order valence-electron chi connectivity index (χ0n) is 11.7. The lowest BCUT2D eigenvalue weighted by atomic mass is 10.0. The molecule has 1 amide bonds. The number of benzene rings is 1. The smallest absolute Gasteiger partial charge is 0.253 e. The highest BCUT2D eigenvalue weighted by atomic mass is 16.2. The number of carbonyl (C=O) groups is 1. The fourth-order valence-corrected chi connectivity index (χ4v) is 2.73. The molecule has 0 aliphatic carbocycles. The van der Waals surface area contributed by atoms with Crippen molar-refractivity contribution in [3.63, 3.8) is 0 Å². The molecule has 1 atom stereocenters. The minimum Gasteiger partial charge on any atom is -0.337 e. The van der Waals surface area contributed by atoms with Crippen LogP contribution in [0.4, 0.5) is 0 Å². The fraction of sp³-hybridized carbons (Fsp3) is 0.375. The maximum atomic E-state index is 12.5. The molecule has 20 heavy (non-hydrogen) atoms. The van der Waals surface area contributed by atoms with E-state index in [-0.39, 0.29) is 5.91 Å². The molecule has 4 heteroatoms. The fourth-order valence-electron chi connectivity index (χ4n) is 2.73. The van der Waals surface area contributed by atoms with Gasteiger partial charge in [-0.1, -0.05) is 17.7 Å². The molecule has 0 saturated carbocycles. The number of amides is 1. The van der Waals surface area contributed by atoms with E-state index in [0.717, 1.165) is 31.5 Å². The summed E-state index contributed by atoms with van der Waals surface area (Å²) in [6, 6.07) is 10.0. The number of rotatable bonds is 2. The van der Waals surface area contributed by atoms with Crippen LogP contribution in [0, 0.1) is 6.92 Å². The van der Waals surface area contributed by atoms with Crippen LogP contribution in [-0.4, -0.2) is 33.7 Å². The number of nitrogens with zero attached hydrogens (tertiary/aromatic N) is 3. The Labute approximate surface area is 119 Å². The summed E-state index contributed by atoms with van der Waals surface area (Å²) < 4.78 is 1.97. The molecule has 0 spiro atoms. The van der Waals surface area contributed by atoms with Gasteiger partial charge in [0, 0.05) is 31.0 Å². The molecule has 2 heterocycles. The Balaban J connectivity index is 1.73. The van der Waals surface area contributed by atoms with Crippen LogP contribution in [-0.2, 0) is 0 Å². The van der Waals surface area contributed by atoms with E-state index in [1.54, 1.807) is 6.20 Å². The van der Waals surface area contributed by atoms with Crippen LogP contribution in [0.25, 0.3) is 0 Å². The summed E-state index contributed by atoms with van der Waals surface area (Å²) in [6.07, 6.45) is 5.88. The highest BCUT2D eigenvalue weighted by Gasteiger charge is 2.25. The van der Waals surface area contributed by atoms with Crippen LogP contribution in [0.15, 0.2) is 42.7 Å². The largest absolute Gasteiger partial charge is 0.337 e. The van der Waals surface area contributed by atoms with Crippen LogP contribution in [0.1, 0.15) is 34.8 Å². The van der Waals surface area contributed by atoms with Gasteiger partial charge in [-0.3, -0.25) is 9.48 Å². The Morgan fingerprint density at radius 1 is 1.30 bits per heavy atom. The number of hydrogen-bond acceptors (Lipinski definition) is 2. The lowest BCUT2D eigenvalue weighted by Crippen LogP contribution is -2.40. The van der Waals surface area contributed by atoms with Crippen molar-refractivity contribution in [2.45, 2.75) is 25.8 Å². The maximum Gasteiger partial charge on any atom is 0.253 e. The Morgan fingerprint density at radius 3 is 2.80 bits per heavy atom. The first kappa shape index (κ1) is 12.9. The lowest BCUT2D eigenvalue weighted by molar-refractivity contribution is 0.0673. The number of hydrogen-bond donors (Lipinski definition) is 0. The summed E-state index contributed by atoms with van der Waals surface area (Å²) in [6.45, 7) is 3.61. The van der Waals surface area contributed by atoms with Gasteiger partial charge in [-0.25, -0.2) is 0 Å². The summed E-state index contributed by atoms with van der Waals surface area (Å²) >= 11 is 0. The molecule has 2 aromatic rings. The molecule has 3 rings (SSSR count). The van der Waals surface area contributed by atoms with E-state index in [1.165, 1.54) is 5.56 Å². The van der Waals surface area contributed by atoms with Crippen LogP contribution in [0.3, 0.4) is 0 Å². The molecular weight excluding hydrogens is 250 g/mol. The lowest BCUT2D eigenvalue weighted by Gasteiger charge is -2.33. The van der Waals surface area contributed by atoms with E-state index in [4.69, 9.17) is 0 Å². The van der Waals surface area contributed by atoms with Gasteiger partial charge in [0.1, 0.15) is 0 Å². The standard InChI is InChI=1S/C16H19N3O/c1-13-5-7-14(8-6-13)16(20)18-10-2-4-15(12-18)19-11-3-9-17-19/h3,5-9,11,15H,2,4,10,12H2,1H3. The van der Waals surface area contributed by atoms with Crippen LogP contribution < -0.4 is 0 Å². The Hall–Kier alpha value is -2.10. The maximum absolute atomic E-state index is 12.5. The zero-order valence-corrected chi connectivity index (χ0v) is 11.7. The summed E-state index contributed by atoms with van der Waals surface area (Å²) in [5, 5.41) is 4.30. The summed E-state index contributed by atoms with van der Waals surface area (Å²) in [4.78, 5) is 14.5. The van der Waals surface area contributed by atoms with Crippen molar-refractivity contribution < 1.29 is 4.79 Å². The van der Waals surface area contributed by atoms with Crippen molar-refractivity contribution in [3.8, 4) is 0 Å². The van der Waals surface area contributed by atoms with Gasteiger partial charge >= 0.3 is 0 Å². The number of aromatic nitrogens is 2. The molecule has 1 aromatic heterocycles. The van der Waals surface area contributed by atoms with Gasteiger partial charge in [-0.15, -0.1) is 0 Å². The quantitative estimate of drug-likeness (QED) is 0.840. The van der Waals surface area contributed by atoms with Gasteiger partial charge < -0.3 is 4.90 Å². The van der Waals surface area contributed by atoms with Crippen molar-refractivity contribution in [2.24, 2.45) is 0 Å². The SMILES string of the molecule is Cc1ccc(C(=O)N2CCCC(n3cccn3)C2)cc1. The third-order valence-corrected chi connectivity index (χ3v) is 3.88. The Morgan fingerprint density at radius 2 is 2.10 bits per heavy atom. The Bertz CT molecular complexity index is 574. The highest BCUT2D eigenvalue weighted by Crippen LogP contribution is 2.22. The third kappa shape index (κ3) is 2.59. The minimum atomic E-state index is 0.127. The van der Waals surface area contributed by atoms with Gasteiger partial charge in [0.05, 0.1) is 6.04 Å². The van der Waals surface area contributed by atoms with Gasteiger partial charge in [0.15, 0.2) is 0 Å². The second-order valence-corrected chi connectivity index (χ2v) is 5.40. The third-order valence-electron chi connectivity index (χ3n) is 3.88. The van der Waals surface area contributed by atoms with Crippen molar-refractivity contribution in [3.05, 3.63) is 53.9 Å². The number of piperidine rings is 1. The van der Waals surface area contributed by atoms with Crippen molar-refractivity contribution in [1.29, 1.82) is 0 Å². The van der Waals surface area contributed by atoms with Gasteiger partial charge in [0.25, 0.3) is 5.91 Å². The molecule has 104 valence electrons. The number of carbonyl (C=O) groups excluding carboxylic acids is 1. The molecule has 1 aromatic carbocycles. The van der Waals surface area contributed by atoms with Gasteiger partial charge in [-0.2, -0.15) is 5.10 Å². The summed E-state index contributed by atoms with van der Waals surface area (Å²) in [5.74, 6) is 0.127. The van der Waals surface area contributed by atoms with Gasteiger partial charge in [-0.05, 0) is 38.0 Å². The molecule has 1 aliphatic heterocycles. The van der Waals surface area contributed by atoms with Crippen LogP contribution in [0.2, 0.25) is 0 Å². The molecular formula is C16H19N3O. The van der Waals surface area contributed by atoms with Crippen molar-refractivity contribution >= 4 is 5.91 Å². The van der Waals surface area contributed by atoms with E-state index in [0.29, 0.717) is 6.04 Å². The first-order valence-corrected chi connectivity index (χ1v) is 7.09. The summed E-state index contributed by atoms with van der Waals surface area (Å²) in [7, 11) is 0. The normalized spacial score (nSPS) is 19.1. The Kier molecular flexibility index (Phi) is 3.54. The average Bonchev–Trinajstić information content (AvgIpc) is 3.02. The molecule has 1 aliphatic rings. The molecule has 0 bridgehead atoms. The number of likely N-dealkylation sites (tertiary alicyclic amines) is 1. The predicted octanol–water partition coefficient (Wildman–Crippen LogP) is 2.67. The second kappa shape index (κ2) is 5.49. The first-order valence-electron chi connectivity index (χ1n) is 7.09. The molecule has 1 fully saturated rings. The van der Waals surface area contributed by atoms with E-state index in [9.17, 15) is 4.79 Å². The van der Waals surface area contributed by atoms with Gasteiger partial charge in [0.2, 0.25) is 0 Å². The zero-order chi connectivity index (χ0) is 13.9. The van der Waals surface area contributed by atoms with E-state index < -0.39 is 0 Å². The van der Waals surface area contributed by atoms with Crippen LogP contribution >= 0.6 is 0 Å². The molecule has 0 radical (unpaired) electrons. The van der Waals surface area contributed by atoms with Crippen molar-refractivity contribution in [2.75, 3.05) is 13.1 Å². The second-order valence-electron chi connectivity index (χ2n) is 5.40. The highest BCUT2D eigenvalue weighted by molar-refractivity contribution is 5.94. The number of aryl methyl sites for hydroxylation is 1. The first-order chi connectivity index (χ1) is 9.74. The minimum absolute atomic E-state index is 0.127. The predicted molar refractivity (Wildman–Crippen MR) is 77.6 cm³/mol. The van der Waals surface area contributed by atoms with Crippen LogP contribution in [0.5, 0.6) is 0 Å². The average molecular weight is 269 g/mol. The molecule has 1 unspecified atom stereocenters. The summed E-state index contributed by atoms with van der Waals surface area (Å²) in [5.41, 5.74) is 1.95. The molecule has 1 saturated heterocycles. The van der Waals surface area contributed by atoms with E-state index in [1.807, 2.05) is 53.0 Å².